The van der Waals surface area contributed by atoms with Crippen molar-refractivity contribution in [1.82, 2.24) is 10.2 Å². The minimum Gasteiger partial charge on any atom is -0.490 e. The Bertz CT molecular complexity index is 777. The maximum Gasteiger partial charge on any atom is 0.223 e. The monoisotopic (exact) mass is 356 g/mol. The molecule has 2 aliphatic rings. The second-order valence-corrected chi connectivity index (χ2v) is 7.37. The molecule has 0 unspecified atom stereocenters. The molecule has 5 heteroatoms. The summed E-state index contributed by atoms with van der Waals surface area (Å²) < 4.78 is 11.9. The molecule has 1 N–H and O–H groups in total. The van der Waals surface area contributed by atoms with Gasteiger partial charge in [-0.15, -0.1) is 0 Å². The number of carbonyl (C=O) groups excluding carboxylic acids is 1. The standard InChI is InChI=1S/C21H28N2O3/c1-2-25-18-9-5-8-17-16-10-12-23(14-19(16)26-20(17)18)13-11-22-21(24)15-6-3-4-7-15/h5,8-9,15H,2-4,6-7,10-14H2,1H3,(H,22,24). The van der Waals surface area contributed by atoms with Gasteiger partial charge < -0.3 is 14.5 Å². The quantitative estimate of drug-likeness (QED) is 0.861. The summed E-state index contributed by atoms with van der Waals surface area (Å²) in [5.41, 5.74) is 2.18. The van der Waals surface area contributed by atoms with Crippen LogP contribution in [-0.4, -0.2) is 37.0 Å². The van der Waals surface area contributed by atoms with Crippen LogP contribution in [0.25, 0.3) is 11.0 Å². The molecule has 0 bridgehead atoms. The number of furan rings is 1. The molecule has 26 heavy (non-hydrogen) atoms. The van der Waals surface area contributed by atoms with Crippen LogP contribution in [-0.2, 0) is 17.8 Å². The summed E-state index contributed by atoms with van der Waals surface area (Å²) in [6, 6.07) is 6.13. The molecule has 2 aromatic rings. The van der Waals surface area contributed by atoms with Crippen molar-refractivity contribution < 1.29 is 13.9 Å². The maximum absolute atomic E-state index is 12.1. The summed E-state index contributed by atoms with van der Waals surface area (Å²) in [6.07, 6.45) is 5.49. The molecule has 1 aliphatic carbocycles. The van der Waals surface area contributed by atoms with Crippen LogP contribution in [0.4, 0.5) is 0 Å². The van der Waals surface area contributed by atoms with E-state index >= 15 is 0 Å². The van der Waals surface area contributed by atoms with Gasteiger partial charge in [0.2, 0.25) is 5.91 Å². The lowest BCUT2D eigenvalue weighted by Crippen LogP contribution is -2.39. The summed E-state index contributed by atoms with van der Waals surface area (Å²) in [5.74, 6) is 2.36. The lowest BCUT2D eigenvalue weighted by atomic mass is 10.0. The maximum atomic E-state index is 12.1. The van der Waals surface area contributed by atoms with Gasteiger partial charge >= 0.3 is 0 Å². The lowest BCUT2D eigenvalue weighted by molar-refractivity contribution is -0.124. The van der Waals surface area contributed by atoms with E-state index in [1.54, 1.807) is 0 Å². The van der Waals surface area contributed by atoms with Gasteiger partial charge in [-0.3, -0.25) is 9.69 Å². The van der Waals surface area contributed by atoms with Crippen molar-refractivity contribution in [2.24, 2.45) is 5.92 Å². The van der Waals surface area contributed by atoms with Crippen molar-refractivity contribution in [2.75, 3.05) is 26.2 Å². The highest BCUT2D eigenvalue weighted by molar-refractivity contribution is 5.87. The van der Waals surface area contributed by atoms with Crippen molar-refractivity contribution in [3.63, 3.8) is 0 Å². The molecule has 1 fully saturated rings. The zero-order valence-corrected chi connectivity index (χ0v) is 15.6. The Labute approximate surface area is 154 Å². The van der Waals surface area contributed by atoms with Gasteiger partial charge in [0.15, 0.2) is 11.3 Å². The van der Waals surface area contributed by atoms with Crippen LogP contribution < -0.4 is 10.1 Å². The van der Waals surface area contributed by atoms with Gasteiger partial charge in [0.05, 0.1) is 13.2 Å². The van der Waals surface area contributed by atoms with Crippen LogP contribution >= 0.6 is 0 Å². The number of hydrogen-bond donors (Lipinski definition) is 1. The molecule has 1 aliphatic heterocycles. The first-order valence-corrected chi connectivity index (χ1v) is 9.92. The van der Waals surface area contributed by atoms with Crippen LogP contribution in [0.3, 0.4) is 0 Å². The normalized spacial score (nSPS) is 18.2. The molecular weight excluding hydrogens is 328 g/mol. The van der Waals surface area contributed by atoms with E-state index in [4.69, 9.17) is 9.15 Å². The molecular formula is C21H28N2O3. The molecule has 140 valence electrons. The van der Waals surface area contributed by atoms with E-state index in [1.165, 1.54) is 23.8 Å². The predicted octanol–water partition coefficient (Wildman–Crippen LogP) is 3.50. The second-order valence-electron chi connectivity index (χ2n) is 7.37. The van der Waals surface area contributed by atoms with Gasteiger partial charge in [-0.25, -0.2) is 0 Å². The smallest absolute Gasteiger partial charge is 0.223 e. The van der Waals surface area contributed by atoms with Crippen LogP contribution in [0.2, 0.25) is 0 Å². The third kappa shape index (κ3) is 3.45. The van der Waals surface area contributed by atoms with Crippen LogP contribution in [0.15, 0.2) is 22.6 Å². The number of para-hydroxylation sites is 1. The summed E-state index contributed by atoms with van der Waals surface area (Å²) in [5, 5.41) is 4.30. The van der Waals surface area contributed by atoms with E-state index in [1.807, 2.05) is 19.1 Å². The molecule has 0 radical (unpaired) electrons. The average Bonchev–Trinajstić information content (AvgIpc) is 3.30. The molecule has 4 rings (SSSR count). The number of carbonyl (C=O) groups is 1. The van der Waals surface area contributed by atoms with E-state index in [-0.39, 0.29) is 11.8 Å². The minimum atomic E-state index is 0.241. The molecule has 0 atom stereocenters. The zero-order chi connectivity index (χ0) is 17.9. The van der Waals surface area contributed by atoms with Crippen molar-refractivity contribution in [1.29, 1.82) is 0 Å². The average molecular weight is 356 g/mol. The number of nitrogens with zero attached hydrogens (tertiary/aromatic N) is 1. The number of ether oxygens (including phenoxy) is 1. The number of hydrogen-bond acceptors (Lipinski definition) is 4. The van der Waals surface area contributed by atoms with E-state index in [0.717, 1.165) is 62.5 Å². The Morgan fingerprint density at radius 1 is 1.35 bits per heavy atom. The van der Waals surface area contributed by atoms with E-state index in [2.05, 4.69) is 16.3 Å². The fraction of sp³-hybridized carbons (Fsp3) is 0.571. The van der Waals surface area contributed by atoms with Gasteiger partial charge in [0.1, 0.15) is 5.76 Å². The third-order valence-corrected chi connectivity index (χ3v) is 5.66. The Morgan fingerprint density at radius 3 is 3.00 bits per heavy atom. The highest BCUT2D eigenvalue weighted by Gasteiger charge is 2.25. The SMILES string of the molecule is CCOc1cccc2c3c(oc12)CN(CCNC(=O)C1CCCC1)CC3. The van der Waals surface area contributed by atoms with Gasteiger partial charge in [0.25, 0.3) is 0 Å². The fourth-order valence-corrected chi connectivity index (χ4v) is 4.28. The second kappa shape index (κ2) is 7.70. The summed E-state index contributed by atoms with van der Waals surface area (Å²) in [6.45, 7) is 6.01. The molecule has 1 amide bonds. The molecule has 2 heterocycles. The highest BCUT2D eigenvalue weighted by Crippen LogP contribution is 2.35. The lowest BCUT2D eigenvalue weighted by Gasteiger charge is -2.26. The van der Waals surface area contributed by atoms with Gasteiger partial charge in [-0.2, -0.15) is 0 Å². The first kappa shape index (κ1) is 17.4. The summed E-state index contributed by atoms with van der Waals surface area (Å²) >= 11 is 0. The largest absolute Gasteiger partial charge is 0.490 e. The summed E-state index contributed by atoms with van der Waals surface area (Å²) in [7, 11) is 0. The van der Waals surface area contributed by atoms with Crippen molar-refractivity contribution in [3.8, 4) is 5.75 Å². The molecule has 5 nitrogen and oxygen atoms in total. The topological polar surface area (TPSA) is 54.7 Å². The zero-order valence-electron chi connectivity index (χ0n) is 15.6. The molecule has 0 saturated heterocycles. The Hall–Kier alpha value is -2.01. The van der Waals surface area contributed by atoms with Crippen molar-refractivity contribution in [2.45, 2.75) is 45.6 Å². The van der Waals surface area contributed by atoms with E-state index < -0.39 is 0 Å². The number of nitrogens with one attached hydrogen (secondary N) is 1. The number of benzene rings is 1. The minimum absolute atomic E-state index is 0.241. The number of fused-ring (bicyclic) bond motifs is 3. The van der Waals surface area contributed by atoms with Crippen molar-refractivity contribution >= 4 is 16.9 Å². The predicted molar refractivity (Wildman–Crippen MR) is 101 cm³/mol. The first-order valence-electron chi connectivity index (χ1n) is 9.92. The molecule has 1 aromatic heterocycles. The van der Waals surface area contributed by atoms with Crippen LogP contribution in [0.5, 0.6) is 5.75 Å². The molecule has 0 spiro atoms. The molecule has 1 aromatic carbocycles. The summed E-state index contributed by atoms with van der Waals surface area (Å²) in [4.78, 5) is 14.5. The van der Waals surface area contributed by atoms with Gasteiger partial charge in [-0.05, 0) is 32.3 Å². The van der Waals surface area contributed by atoms with Gasteiger partial charge in [-0.1, -0.05) is 25.0 Å². The Balaban J connectivity index is 1.37. The van der Waals surface area contributed by atoms with Crippen LogP contribution in [0.1, 0.15) is 43.9 Å². The van der Waals surface area contributed by atoms with Crippen LogP contribution in [0, 0.1) is 5.92 Å². The molecule has 1 saturated carbocycles. The van der Waals surface area contributed by atoms with E-state index in [9.17, 15) is 4.79 Å². The third-order valence-electron chi connectivity index (χ3n) is 5.66. The fourth-order valence-electron chi connectivity index (χ4n) is 4.28. The van der Waals surface area contributed by atoms with Crippen molar-refractivity contribution in [3.05, 3.63) is 29.5 Å². The van der Waals surface area contributed by atoms with Gasteiger partial charge in [0, 0.05) is 36.5 Å². The first-order chi connectivity index (χ1) is 12.8. The number of rotatable bonds is 6. The highest BCUT2D eigenvalue weighted by atomic mass is 16.5. The number of amides is 1. The Kier molecular flexibility index (Phi) is 5.16. The van der Waals surface area contributed by atoms with E-state index in [0.29, 0.717) is 6.61 Å². The Morgan fingerprint density at radius 2 is 2.19 bits per heavy atom.